The zero-order valence-corrected chi connectivity index (χ0v) is 14.1. The van der Waals surface area contributed by atoms with Crippen molar-refractivity contribution in [3.8, 4) is 0 Å². The molecule has 1 heterocycles. The Morgan fingerprint density at radius 1 is 1.23 bits per heavy atom. The zero-order valence-electron chi connectivity index (χ0n) is 14.1. The summed E-state index contributed by atoms with van der Waals surface area (Å²) in [6, 6.07) is 7.64. The average molecular weight is 300 g/mol. The van der Waals surface area contributed by atoms with Crippen LogP contribution in [0.15, 0.2) is 24.3 Å². The second-order valence-electron chi connectivity index (χ2n) is 5.88. The minimum Gasteiger partial charge on any atom is -0.378 e. The first-order chi connectivity index (χ1) is 10.3. The van der Waals surface area contributed by atoms with Crippen molar-refractivity contribution in [2.45, 2.75) is 26.8 Å². The SMILES string of the molecule is Cc1n[nH]c(C)c1[C@H](C)N(C)C(=O)c1cccc(N(C)C)c1. The molecule has 0 aliphatic heterocycles. The molecule has 1 N–H and O–H groups in total. The predicted octanol–water partition coefficient (Wildman–Crippen LogP) is 2.93. The molecule has 1 aromatic heterocycles. The highest BCUT2D eigenvalue weighted by Gasteiger charge is 2.23. The van der Waals surface area contributed by atoms with Gasteiger partial charge >= 0.3 is 0 Å². The van der Waals surface area contributed by atoms with Gasteiger partial charge in [0, 0.05) is 43.7 Å². The molecule has 0 radical (unpaired) electrons. The Labute approximate surface area is 131 Å². The molecular weight excluding hydrogens is 276 g/mol. The van der Waals surface area contributed by atoms with Crippen molar-refractivity contribution in [1.29, 1.82) is 0 Å². The molecule has 0 aliphatic carbocycles. The quantitative estimate of drug-likeness (QED) is 0.944. The van der Waals surface area contributed by atoms with Crippen LogP contribution in [-0.4, -0.2) is 42.1 Å². The summed E-state index contributed by atoms with van der Waals surface area (Å²) in [5.74, 6) is 0.0104. The van der Waals surface area contributed by atoms with Crippen LogP contribution in [0.3, 0.4) is 0 Å². The van der Waals surface area contributed by atoms with E-state index in [0.717, 1.165) is 22.6 Å². The van der Waals surface area contributed by atoms with E-state index in [-0.39, 0.29) is 11.9 Å². The van der Waals surface area contributed by atoms with Gasteiger partial charge in [-0.05, 0) is 39.0 Å². The Morgan fingerprint density at radius 2 is 1.91 bits per heavy atom. The van der Waals surface area contributed by atoms with Crippen LogP contribution in [0.2, 0.25) is 0 Å². The molecule has 1 amide bonds. The number of hydrogen-bond donors (Lipinski definition) is 1. The summed E-state index contributed by atoms with van der Waals surface area (Å²) in [6.45, 7) is 5.97. The van der Waals surface area contributed by atoms with E-state index in [9.17, 15) is 4.79 Å². The second-order valence-corrected chi connectivity index (χ2v) is 5.88. The van der Waals surface area contributed by atoms with Crippen LogP contribution in [-0.2, 0) is 0 Å². The number of hydrogen-bond acceptors (Lipinski definition) is 3. The molecule has 1 aromatic carbocycles. The monoisotopic (exact) mass is 300 g/mol. The third-order valence-electron chi connectivity index (χ3n) is 4.11. The molecule has 5 heteroatoms. The van der Waals surface area contributed by atoms with Crippen molar-refractivity contribution in [2.24, 2.45) is 0 Å². The molecular formula is C17H24N4O. The molecule has 2 rings (SSSR count). The largest absolute Gasteiger partial charge is 0.378 e. The topological polar surface area (TPSA) is 52.2 Å². The van der Waals surface area contributed by atoms with Gasteiger partial charge in [0.25, 0.3) is 5.91 Å². The number of carbonyl (C=O) groups excluding carboxylic acids is 1. The highest BCUT2D eigenvalue weighted by molar-refractivity contribution is 5.95. The van der Waals surface area contributed by atoms with Crippen molar-refractivity contribution in [2.75, 3.05) is 26.0 Å². The van der Waals surface area contributed by atoms with Crippen molar-refractivity contribution in [3.05, 3.63) is 46.8 Å². The maximum atomic E-state index is 12.8. The number of rotatable bonds is 4. The standard InChI is InChI=1S/C17H24N4O/c1-11-16(12(2)19-18-11)13(3)21(6)17(22)14-8-7-9-15(10-14)20(4)5/h7-10,13H,1-6H3,(H,18,19)/t13-/m0/s1. The van der Waals surface area contributed by atoms with Crippen molar-refractivity contribution >= 4 is 11.6 Å². The number of nitrogens with one attached hydrogen (secondary N) is 1. The summed E-state index contributed by atoms with van der Waals surface area (Å²) in [6.07, 6.45) is 0. The first kappa shape index (κ1) is 16.1. The van der Waals surface area contributed by atoms with Gasteiger partial charge in [0.05, 0.1) is 11.7 Å². The van der Waals surface area contributed by atoms with Crippen molar-refractivity contribution in [1.82, 2.24) is 15.1 Å². The number of H-pyrrole nitrogens is 1. The Balaban J connectivity index is 2.27. The molecule has 0 saturated carbocycles. The Hall–Kier alpha value is -2.30. The minimum atomic E-state index is -0.0331. The number of aromatic amines is 1. The second kappa shape index (κ2) is 6.22. The molecule has 1 atom stereocenters. The fourth-order valence-electron chi connectivity index (χ4n) is 2.67. The first-order valence-corrected chi connectivity index (χ1v) is 7.39. The molecule has 0 fully saturated rings. The summed E-state index contributed by atoms with van der Waals surface area (Å²) in [7, 11) is 5.77. The molecule has 0 bridgehead atoms. The van der Waals surface area contributed by atoms with Gasteiger partial charge in [-0.15, -0.1) is 0 Å². The van der Waals surface area contributed by atoms with Gasteiger partial charge in [-0.1, -0.05) is 6.07 Å². The molecule has 22 heavy (non-hydrogen) atoms. The van der Waals surface area contributed by atoms with E-state index in [2.05, 4.69) is 10.2 Å². The summed E-state index contributed by atoms with van der Waals surface area (Å²) in [5, 5.41) is 7.20. The van der Waals surface area contributed by atoms with Crippen LogP contribution in [0.1, 0.15) is 40.3 Å². The number of nitrogens with zero attached hydrogens (tertiary/aromatic N) is 3. The van der Waals surface area contributed by atoms with Crippen LogP contribution in [0.4, 0.5) is 5.69 Å². The highest BCUT2D eigenvalue weighted by Crippen LogP contribution is 2.26. The van der Waals surface area contributed by atoms with Crippen LogP contribution in [0.5, 0.6) is 0 Å². The number of anilines is 1. The maximum Gasteiger partial charge on any atom is 0.254 e. The van der Waals surface area contributed by atoms with E-state index >= 15 is 0 Å². The van der Waals surface area contributed by atoms with Gasteiger partial charge in [-0.2, -0.15) is 5.10 Å². The van der Waals surface area contributed by atoms with Gasteiger partial charge in [-0.25, -0.2) is 0 Å². The third-order valence-corrected chi connectivity index (χ3v) is 4.11. The average Bonchev–Trinajstić information content (AvgIpc) is 2.84. The summed E-state index contributed by atoms with van der Waals surface area (Å²) >= 11 is 0. The molecule has 0 spiro atoms. The lowest BCUT2D eigenvalue weighted by atomic mass is 10.0. The van der Waals surface area contributed by atoms with Gasteiger partial charge in [-0.3, -0.25) is 9.89 Å². The lowest BCUT2D eigenvalue weighted by Crippen LogP contribution is -2.30. The Morgan fingerprint density at radius 3 is 2.45 bits per heavy atom. The van der Waals surface area contributed by atoms with Crippen LogP contribution in [0.25, 0.3) is 0 Å². The number of aryl methyl sites for hydroxylation is 2. The number of carbonyl (C=O) groups is 1. The molecule has 0 aliphatic rings. The van der Waals surface area contributed by atoms with E-state index < -0.39 is 0 Å². The van der Waals surface area contributed by atoms with Gasteiger partial charge < -0.3 is 9.80 Å². The van der Waals surface area contributed by atoms with Gasteiger partial charge in [0.1, 0.15) is 0 Å². The van der Waals surface area contributed by atoms with E-state index in [4.69, 9.17) is 0 Å². The zero-order chi connectivity index (χ0) is 16.4. The lowest BCUT2D eigenvalue weighted by Gasteiger charge is -2.26. The van der Waals surface area contributed by atoms with E-state index in [1.165, 1.54) is 0 Å². The number of amides is 1. The highest BCUT2D eigenvalue weighted by atomic mass is 16.2. The van der Waals surface area contributed by atoms with Crippen LogP contribution >= 0.6 is 0 Å². The molecule has 0 unspecified atom stereocenters. The molecule has 0 saturated heterocycles. The normalized spacial score (nSPS) is 12.1. The smallest absolute Gasteiger partial charge is 0.254 e. The van der Waals surface area contributed by atoms with Crippen LogP contribution < -0.4 is 4.90 Å². The molecule has 2 aromatic rings. The maximum absolute atomic E-state index is 12.8. The fraction of sp³-hybridized carbons (Fsp3) is 0.412. The lowest BCUT2D eigenvalue weighted by molar-refractivity contribution is 0.0742. The number of aromatic nitrogens is 2. The van der Waals surface area contributed by atoms with Crippen molar-refractivity contribution in [3.63, 3.8) is 0 Å². The fourth-order valence-corrected chi connectivity index (χ4v) is 2.67. The predicted molar refractivity (Wildman–Crippen MR) is 89.3 cm³/mol. The molecule has 5 nitrogen and oxygen atoms in total. The summed E-state index contributed by atoms with van der Waals surface area (Å²) in [5.41, 5.74) is 4.74. The number of benzene rings is 1. The molecule has 118 valence electrons. The first-order valence-electron chi connectivity index (χ1n) is 7.39. The van der Waals surface area contributed by atoms with E-state index in [0.29, 0.717) is 5.56 Å². The Bertz CT molecular complexity index is 656. The summed E-state index contributed by atoms with van der Waals surface area (Å²) in [4.78, 5) is 16.5. The van der Waals surface area contributed by atoms with E-state index in [1.54, 1.807) is 4.90 Å². The Kier molecular flexibility index (Phi) is 4.54. The third kappa shape index (κ3) is 2.98. The van der Waals surface area contributed by atoms with Crippen molar-refractivity contribution < 1.29 is 4.79 Å². The summed E-state index contributed by atoms with van der Waals surface area (Å²) < 4.78 is 0. The van der Waals surface area contributed by atoms with Gasteiger partial charge in [0.15, 0.2) is 0 Å². The van der Waals surface area contributed by atoms with Gasteiger partial charge in [0.2, 0.25) is 0 Å². The minimum absolute atomic E-state index is 0.0104. The van der Waals surface area contributed by atoms with E-state index in [1.807, 2.05) is 71.1 Å². The van der Waals surface area contributed by atoms with Crippen LogP contribution in [0, 0.1) is 13.8 Å².